The largest absolute Gasteiger partial charge is 0.343 e. The van der Waals surface area contributed by atoms with E-state index in [1.165, 1.54) is 0 Å². The Morgan fingerprint density at radius 3 is 2.94 bits per heavy atom. The van der Waals surface area contributed by atoms with E-state index in [0.717, 1.165) is 34.2 Å². The molecular weight excluding hydrogens is 212 g/mol. The topological polar surface area (TPSA) is 54.5 Å². The lowest BCUT2D eigenvalue weighted by molar-refractivity contribution is 0.640. The van der Waals surface area contributed by atoms with Gasteiger partial charge in [-0.05, 0) is 24.5 Å². The number of fused-ring (bicyclic) bond motifs is 3. The predicted octanol–water partition coefficient (Wildman–Crippen LogP) is 2.70. The first kappa shape index (κ1) is 10.2. The number of nitrogens with one attached hydrogen (secondary N) is 1. The summed E-state index contributed by atoms with van der Waals surface area (Å²) < 4.78 is 0. The molecule has 1 N–H and O–H groups in total. The van der Waals surface area contributed by atoms with E-state index >= 15 is 0 Å². The number of rotatable bonds is 2. The Morgan fingerprint density at radius 2 is 2.12 bits per heavy atom. The molecule has 0 aliphatic carbocycles. The van der Waals surface area contributed by atoms with Gasteiger partial charge in [0.15, 0.2) is 0 Å². The lowest BCUT2D eigenvalue weighted by Gasteiger charge is -2.06. The lowest BCUT2D eigenvalue weighted by atomic mass is 10.1. The molecule has 86 valence electrons. The molecular formula is C13H14N4. The Bertz CT molecular complexity index is 669. The normalized spacial score (nSPS) is 11.7. The second-order valence-corrected chi connectivity index (χ2v) is 4.65. The van der Waals surface area contributed by atoms with Gasteiger partial charge in [0.25, 0.3) is 0 Å². The van der Waals surface area contributed by atoms with E-state index in [1.54, 1.807) is 12.5 Å². The average molecular weight is 226 g/mol. The number of hydrogen-bond acceptors (Lipinski definition) is 3. The van der Waals surface area contributed by atoms with Crippen LogP contribution in [0.25, 0.3) is 22.1 Å². The number of hydrogen-bond donors (Lipinski definition) is 1. The van der Waals surface area contributed by atoms with Crippen molar-refractivity contribution < 1.29 is 0 Å². The highest BCUT2D eigenvalue weighted by Gasteiger charge is 2.12. The van der Waals surface area contributed by atoms with E-state index in [2.05, 4.69) is 33.8 Å². The summed E-state index contributed by atoms with van der Waals surface area (Å²) >= 11 is 0. The number of H-pyrrole nitrogens is 1. The van der Waals surface area contributed by atoms with Gasteiger partial charge in [0.05, 0.1) is 23.1 Å². The number of imidazole rings is 1. The van der Waals surface area contributed by atoms with Crippen molar-refractivity contribution in [3.63, 3.8) is 0 Å². The van der Waals surface area contributed by atoms with Crippen molar-refractivity contribution in [2.45, 2.75) is 20.3 Å². The molecule has 4 heteroatoms. The Kier molecular flexibility index (Phi) is 2.28. The monoisotopic (exact) mass is 226 g/mol. The summed E-state index contributed by atoms with van der Waals surface area (Å²) in [6, 6.07) is 3.91. The molecule has 3 aromatic heterocycles. The van der Waals surface area contributed by atoms with E-state index in [0.29, 0.717) is 5.92 Å². The third-order valence-corrected chi connectivity index (χ3v) is 2.79. The van der Waals surface area contributed by atoms with Gasteiger partial charge in [0, 0.05) is 6.20 Å². The predicted molar refractivity (Wildman–Crippen MR) is 67.7 cm³/mol. The number of aromatic amines is 1. The molecule has 17 heavy (non-hydrogen) atoms. The van der Waals surface area contributed by atoms with Gasteiger partial charge in [-0.3, -0.25) is 4.98 Å². The van der Waals surface area contributed by atoms with Gasteiger partial charge in [0.2, 0.25) is 0 Å². The molecule has 0 aliphatic rings. The summed E-state index contributed by atoms with van der Waals surface area (Å²) in [5, 5.41) is 0. The molecule has 0 bridgehead atoms. The first-order valence-corrected chi connectivity index (χ1v) is 5.82. The van der Waals surface area contributed by atoms with Crippen molar-refractivity contribution in [1.82, 2.24) is 19.9 Å². The van der Waals surface area contributed by atoms with Crippen LogP contribution in [0.1, 0.15) is 19.5 Å². The molecule has 0 radical (unpaired) electrons. The van der Waals surface area contributed by atoms with Crippen molar-refractivity contribution in [2.75, 3.05) is 0 Å². The molecule has 0 fully saturated rings. The van der Waals surface area contributed by atoms with Gasteiger partial charge in [-0.15, -0.1) is 0 Å². The highest BCUT2D eigenvalue weighted by molar-refractivity contribution is 6.00. The Labute approximate surface area is 99.1 Å². The molecule has 3 rings (SSSR count). The number of aromatic nitrogens is 4. The fraction of sp³-hybridized carbons (Fsp3) is 0.308. The summed E-state index contributed by atoms with van der Waals surface area (Å²) in [5.41, 5.74) is 4.82. The van der Waals surface area contributed by atoms with Crippen LogP contribution in [0.2, 0.25) is 0 Å². The summed E-state index contributed by atoms with van der Waals surface area (Å²) in [7, 11) is 0. The first-order valence-electron chi connectivity index (χ1n) is 5.82. The van der Waals surface area contributed by atoms with Crippen LogP contribution < -0.4 is 0 Å². The maximum absolute atomic E-state index is 4.67. The van der Waals surface area contributed by atoms with Crippen molar-refractivity contribution in [3.8, 4) is 0 Å². The average Bonchev–Trinajstić information content (AvgIpc) is 2.78. The minimum absolute atomic E-state index is 0.566. The standard InChI is InChI=1S/C13H14N4/c1-8(2)6-10-12-13(16-7-15-12)11-9(17-10)4-3-5-14-11/h3-5,7-8H,6H2,1-2H3,(H,15,16). The minimum Gasteiger partial charge on any atom is -0.343 e. The molecule has 0 saturated carbocycles. The van der Waals surface area contributed by atoms with Crippen LogP contribution in [0.15, 0.2) is 24.7 Å². The highest BCUT2D eigenvalue weighted by atomic mass is 14.9. The quantitative estimate of drug-likeness (QED) is 0.731. The molecule has 0 saturated heterocycles. The van der Waals surface area contributed by atoms with Crippen molar-refractivity contribution in [3.05, 3.63) is 30.4 Å². The minimum atomic E-state index is 0.566. The van der Waals surface area contributed by atoms with E-state index in [4.69, 9.17) is 0 Å². The van der Waals surface area contributed by atoms with Crippen LogP contribution >= 0.6 is 0 Å². The van der Waals surface area contributed by atoms with Crippen molar-refractivity contribution in [1.29, 1.82) is 0 Å². The second-order valence-electron chi connectivity index (χ2n) is 4.65. The molecule has 0 amide bonds. The third-order valence-electron chi connectivity index (χ3n) is 2.79. The Hall–Kier alpha value is -1.97. The lowest BCUT2D eigenvalue weighted by Crippen LogP contribution is -1.99. The first-order chi connectivity index (χ1) is 8.25. The molecule has 0 aliphatic heterocycles. The SMILES string of the molecule is CC(C)Cc1nc2cccnc2c2[nH]cnc12. The van der Waals surface area contributed by atoms with Gasteiger partial charge < -0.3 is 4.98 Å². The van der Waals surface area contributed by atoms with Gasteiger partial charge in [0.1, 0.15) is 11.0 Å². The second kappa shape index (κ2) is 3.80. The highest BCUT2D eigenvalue weighted by Crippen LogP contribution is 2.23. The smallest absolute Gasteiger partial charge is 0.114 e. The summed E-state index contributed by atoms with van der Waals surface area (Å²) in [4.78, 5) is 16.6. The van der Waals surface area contributed by atoms with Crippen molar-refractivity contribution in [2.24, 2.45) is 5.92 Å². The number of pyridine rings is 2. The fourth-order valence-electron chi connectivity index (χ4n) is 2.10. The van der Waals surface area contributed by atoms with E-state index in [-0.39, 0.29) is 0 Å². The summed E-state index contributed by atoms with van der Waals surface area (Å²) in [6.45, 7) is 4.38. The van der Waals surface area contributed by atoms with E-state index in [1.807, 2.05) is 12.1 Å². The van der Waals surface area contributed by atoms with Crippen molar-refractivity contribution >= 4 is 22.1 Å². The van der Waals surface area contributed by atoms with Crippen LogP contribution in [0.4, 0.5) is 0 Å². The molecule has 0 spiro atoms. The van der Waals surface area contributed by atoms with Gasteiger partial charge in [-0.25, -0.2) is 9.97 Å². The zero-order chi connectivity index (χ0) is 11.8. The molecule has 4 nitrogen and oxygen atoms in total. The zero-order valence-corrected chi connectivity index (χ0v) is 9.94. The summed E-state index contributed by atoms with van der Waals surface area (Å²) in [6.07, 6.45) is 4.43. The van der Waals surface area contributed by atoms with Gasteiger partial charge in [-0.1, -0.05) is 13.8 Å². The maximum Gasteiger partial charge on any atom is 0.114 e. The molecule has 0 atom stereocenters. The van der Waals surface area contributed by atoms with Gasteiger partial charge in [-0.2, -0.15) is 0 Å². The molecule has 3 aromatic rings. The van der Waals surface area contributed by atoms with E-state index < -0.39 is 0 Å². The molecule has 3 heterocycles. The zero-order valence-electron chi connectivity index (χ0n) is 9.94. The third kappa shape index (κ3) is 1.65. The fourth-order valence-corrected chi connectivity index (χ4v) is 2.10. The Morgan fingerprint density at radius 1 is 1.24 bits per heavy atom. The van der Waals surface area contributed by atoms with E-state index in [9.17, 15) is 0 Å². The molecule has 0 unspecified atom stereocenters. The number of nitrogens with zero attached hydrogens (tertiary/aromatic N) is 3. The van der Waals surface area contributed by atoms with Crippen LogP contribution in [0, 0.1) is 5.92 Å². The van der Waals surface area contributed by atoms with Gasteiger partial charge >= 0.3 is 0 Å². The Balaban J connectivity index is 2.35. The van der Waals surface area contributed by atoms with Crippen LogP contribution in [-0.4, -0.2) is 19.9 Å². The van der Waals surface area contributed by atoms with Crippen LogP contribution in [0.5, 0.6) is 0 Å². The van der Waals surface area contributed by atoms with Crippen LogP contribution in [0.3, 0.4) is 0 Å². The maximum atomic E-state index is 4.67. The van der Waals surface area contributed by atoms with Crippen LogP contribution in [-0.2, 0) is 6.42 Å². The summed E-state index contributed by atoms with van der Waals surface area (Å²) in [5.74, 6) is 0.566. The molecule has 0 aromatic carbocycles.